The summed E-state index contributed by atoms with van der Waals surface area (Å²) in [7, 11) is 1.84. The topological polar surface area (TPSA) is 24.4 Å². The minimum absolute atomic E-state index is 0.905. The Morgan fingerprint density at radius 2 is 2.09 bits per heavy atom. The Bertz CT molecular complexity index is 200. The molecule has 2 nitrogen and oxygen atoms in total. The van der Waals surface area contributed by atoms with Crippen LogP contribution in [0.5, 0.6) is 0 Å². The van der Waals surface area contributed by atoms with Crippen LogP contribution in [0.3, 0.4) is 0 Å². The predicted molar refractivity (Wildman–Crippen MR) is 50.6 cm³/mol. The average Bonchev–Trinajstić information content (AvgIpc) is 2.00. The van der Waals surface area contributed by atoms with Crippen molar-refractivity contribution in [3.63, 3.8) is 0 Å². The molecule has 1 N–H and O–H groups in total. The minimum atomic E-state index is 0.905. The van der Waals surface area contributed by atoms with Gasteiger partial charge in [-0.1, -0.05) is 19.2 Å². The smallest absolute Gasteiger partial charge is 0.0603 e. The number of aliphatic imine (C=N–C) groups is 1. The number of nitrogens with zero attached hydrogens (tertiary/aromatic N) is 1. The maximum Gasteiger partial charge on any atom is 0.0603 e. The number of nitrogens with one attached hydrogen (secondary N) is 1. The Morgan fingerprint density at radius 3 is 2.45 bits per heavy atom. The molecule has 0 heterocycles. The summed E-state index contributed by atoms with van der Waals surface area (Å²) < 4.78 is 0. The summed E-state index contributed by atoms with van der Waals surface area (Å²) in [6.45, 7) is 9.01. The van der Waals surface area contributed by atoms with Gasteiger partial charge in [0, 0.05) is 13.2 Å². The highest BCUT2D eigenvalue weighted by Gasteiger charge is 1.93. The van der Waals surface area contributed by atoms with Crippen LogP contribution in [0.4, 0.5) is 0 Å². The molecule has 0 aromatic rings. The zero-order valence-electron chi connectivity index (χ0n) is 7.09. The fourth-order valence-electron chi connectivity index (χ4n) is 0.709. The minimum Gasteiger partial charge on any atom is -0.387 e. The van der Waals surface area contributed by atoms with Crippen LogP contribution in [-0.4, -0.2) is 12.8 Å². The lowest BCUT2D eigenvalue weighted by Gasteiger charge is -2.02. The summed E-state index contributed by atoms with van der Waals surface area (Å²) in [4.78, 5) is 4.02. The van der Waals surface area contributed by atoms with Crippen molar-refractivity contribution >= 4 is 5.71 Å². The molecule has 0 aromatic heterocycles. The van der Waals surface area contributed by atoms with Crippen molar-refractivity contribution in [3.8, 4) is 0 Å². The Morgan fingerprint density at radius 1 is 1.45 bits per heavy atom. The monoisotopic (exact) mass is 150 g/mol. The van der Waals surface area contributed by atoms with E-state index in [0.29, 0.717) is 0 Å². The van der Waals surface area contributed by atoms with Crippen LogP contribution in [0.25, 0.3) is 0 Å². The molecular formula is C9H14N2. The van der Waals surface area contributed by atoms with E-state index in [-0.39, 0.29) is 0 Å². The molecule has 0 bridgehead atoms. The standard InChI is InChI=1S/C9H14N2/c1-5-7-9(10-4)8(3)11-6-2/h5-7,10H,1-2H2,3-4H3/b9-7+,11-8-. The van der Waals surface area contributed by atoms with Gasteiger partial charge in [-0.05, 0) is 13.0 Å². The molecule has 0 unspecified atom stereocenters. The summed E-state index contributed by atoms with van der Waals surface area (Å²) in [5.74, 6) is 0. The molecule has 11 heavy (non-hydrogen) atoms. The Labute approximate surface area is 68.0 Å². The van der Waals surface area contributed by atoms with Gasteiger partial charge in [-0.25, -0.2) is 0 Å². The molecule has 0 fully saturated rings. The number of hydrogen-bond acceptors (Lipinski definition) is 2. The molecule has 60 valence electrons. The first-order valence-electron chi connectivity index (χ1n) is 3.42. The van der Waals surface area contributed by atoms with Crippen LogP contribution in [0.2, 0.25) is 0 Å². The van der Waals surface area contributed by atoms with E-state index in [1.807, 2.05) is 20.0 Å². The molecule has 2 heteroatoms. The largest absolute Gasteiger partial charge is 0.387 e. The number of rotatable bonds is 4. The first-order chi connectivity index (χ1) is 5.26. The highest BCUT2D eigenvalue weighted by Crippen LogP contribution is 1.93. The third-order valence-corrected chi connectivity index (χ3v) is 1.23. The lowest BCUT2D eigenvalue weighted by molar-refractivity contribution is 1.05. The van der Waals surface area contributed by atoms with Gasteiger partial charge in [-0.15, -0.1) is 0 Å². The maximum atomic E-state index is 4.02. The Kier molecular flexibility index (Phi) is 4.82. The van der Waals surface area contributed by atoms with E-state index in [4.69, 9.17) is 0 Å². The number of hydrogen-bond donors (Lipinski definition) is 1. The van der Waals surface area contributed by atoms with Gasteiger partial charge in [0.05, 0.1) is 11.4 Å². The summed E-state index contributed by atoms with van der Waals surface area (Å²) in [5, 5.41) is 3.00. The van der Waals surface area contributed by atoms with Crippen molar-refractivity contribution in [1.82, 2.24) is 5.32 Å². The van der Waals surface area contributed by atoms with Gasteiger partial charge in [0.1, 0.15) is 0 Å². The molecule has 0 aromatic carbocycles. The third-order valence-electron chi connectivity index (χ3n) is 1.23. The van der Waals surface area contributed by atoms with Gasteiger partial charge in [0.15, 0.2) is 0 Å². The first kappa shape index (κ1) is 9.69. The van der Waals surface area contributed by atoms with Crippen molar-refractivity contribution in [2.45, 2.75) is 6.92 Å². The quantitative estimate of drug-likeness (QED) is 0.480. The summed E-state index contributed by atoms with van der Waals surface area (Å²) >= 11 is 0. The van der Waals surface area contributed by atoms with E-state index in [2.05, 4.69) is 23.5 Å². The first-order valence-corrected chi connectivity index (χ1v) is 3.42. The fraction of sp³-hybridized carbons (Fsp3) is 0.222. The second kappa shape index (κ2) is 5.47. The van der Waals surface area contributed by atoms with E-state index in [9.17, 15) is 0 Å². The van der Waals surface area contributed by atoms with Crippen LogP contribution in [-0.2, 0) is 0 Å². The van der Waals surface area contributed by atoms with Gasteiger partial charge in [0.25, 0.3) is 0 Å². The molecule has 0 saturated carbocycles. The maximum absolute atomic E-state index is 4.02. The molecule has 0 radical (unpaired) electrons. The molecule has 0 amide bonds. The normalized spacial score (nSPS) is 12.5. The van der Waals surface area contributed by atoms with Crippen LogP contribution in [0, 0.1) is 0 Å². The molecule has 0 aliphatic heterocycles. The molecule has 0 aliphatic rings. The van der Waals surface area contributed by atoms with E-state index < -0.39 is 0 Å². The molecular weight excluding hydrogens is 136 g/mol. The third kappa shape index (κ3) is 3.40. The van der Waals surface area contributed by atoms with Gasteiger partial charge in [-0.2, -0.15) is 0 Å². The van der Waals surface area contributed by atoms with Crippen molar-refractivity contribution in [3.05, 3.63) is 37.2 Å². The van der Waals surface area contributed by atoms with Crippen LogP contribution in [0.1, 0.15) is 6.92 Å². The molecule has 0 spiro atoms. The average molecular weight is 150 g/mol. The lowest BCUT2D eigenvalue weighted by Crippen LogP contribution is -2.12. The predicted octanol–water partition coefficient (Wildman–Crippen LogP) is 1.88. The fourth-order valence-corrected chi connectivity index (χ4v) is 0.709. The summed E-state index contributed by atoms with van der Waals surface area (Å²) in [6.07, 6.45) is 5.10. The zero-order chi connectivity index (χ0) is 8.69. The molecule has 0 saturated heterocycles. The van der Waals surface area contributed by atoms with Crippen molar-refractivity contribution in [2.24, 2.45) is 4.99 Å². The van der Waals surface area contributed by atoms with E-state index in [1.54, 1.807) is 6.08 Å². The van der Waals surface area contributed by atoms with Crippen LogP contribution < -0.4 is 5.32 Å². The second-order valence-corrected chi connectivity index (χ2v) is 1.96. The Hall–Kier alpha value is -1.31. The van der Waals surface area contributed by atoms with E-state index >= 15 is 0 Å². The number of allylic oxidation sites excluding steroid dienone is 3. The van der Waals surface area contributed by atoms with Crippen molar-refractivity contribution in [2.75, 3.05) is 7.05 Å². The highest BCUT2D eigenvalue weighted by atomic mass is 14.9. The highest BCUT2D eigenvalue weighted by molar-refractivity contribution is 5.98. The summed E-state index contributed by atoms with van der Waals surface area (Å²) in [5.41, 5.74) is 1.86. The zero-order valence-corrected chi connectivity index (χ0v) is 7.09. The lowest BCUT2D eigenvalue weighted by atomic mass is 10.3. The second-order valence-electron chi connectivity index (χ2n) is 1.96. The Balaban J connectivity index is 4.49. The molecule has 0 atom stereocenters. The summed E-state index contributed by atoms with van der Waals surface area (Å²) in [6, 6.07) is 0. The SMILES string of the molecule is C=C/C=C(NC)\C(C)=N/C=C. The van der Waals surface area contributed by atoms with Gasteiger partial charge in [0.2, 0.25) is 0 Å². The van der Waals surface area contributed by atoms with Crippen molar-refractivity contribution in [1.29, 1.82) is 0 Å². The van der Waals surface area contributed by atoms with Crippen LogP contribution >= 0.6 is 0 Å². The molecule has 0 rings (SSSR count). The van der Waals surface area contributed by atoms with Crippen LogP contribution in [0.15, 0.2) is 42.2 Å². The van der Waals surface area contributed by atoms with Gasteiger partial charge < -0.3 is 5.32 Å². The van der Waals surface area contributed by atoms with Crippen molar-refractivity contribution < 1.29 is 0 Å². The van der Waals surface area contributed by atoms with E-state index in [1.165, 1.54) is 6.20 Å². The van der Waals surface area contributed by atoms with Gasteiger partial charge >= 0.3 is 0 Å². The molecule has 0 aliphatic carbocycles. The van der Waals surface area contributed by atoms with E-state index in [0.717, 1.165) is 11.4 Å². The van der Waals surface area contributed by atoms with Gasteiger partial charge in [-0.3, -0.25) is 4.99 Å².